The molecular weight excluding hydrogens is 522 g/mol. The van der Waals surface area contributed by atoms with Gasteiger partial charge in [0.05, 0.1) is 25.5 Å². The number of amides is 3. The smallest absolute Gasteiger partial charge is 0.315 e. The first-order valence-corrected chi connectivity index (χ1v) is 14.9. The Balaban J connectivity index is 1.43. The molecule has 2 heterocycles. The van der Waals surface area contributed by atoms with E-state index in [-0.39, 0.29) is 17.9 Å². The molecule has 1 saturated heterocycles. The molecule has 10 heteroatoms. The van der Waals surface area contributed by atoms with Crippen LogP contribution < -0.4 is 15.4 Å². The van der Waals surface area contributed by atoms with Gasteiger partial charge in [0.25, 0.3) is 0 Å². The first-order valence-electron chi connectivity index (χ1n) is 14.9. The van der Waals surface area contributed by atoms with Crippen molar-refractivity contribution in [1.29, 1.82) is 0 Å². The maximum Gasteiger partial charge on any atom is 0.315 e. The maximum atomic E-state index is 13.9. The molecule has 3 amide bonds. The summed E-state index contributed by atoms with van der Waals surface area (Å²) < 4.78 is 12.8. The minimum atomic E-state index is -0.745. The number of carbonyl (C=O) groups is 3. The van der Waals surface area contributed by atoms with Crippen molar-refractivity contribution >= 4 is 17.9 Å². The second kappa shape index (κ2) is 14.4. The predicted molar refractivity (Wildman–Crippen MR) is 155 cm³/mol. The van der Waals surface area contributed by atoms with E-state index in [0.717, 1.165) is 42.7 Å². The summed E-state index contributed by atoms with van der Waals surface area (Å²) in [5, 5.41) is 5.81. The first kappa shape index (κ1) is 30.4. The number of carbonyl (C=O) groups excluding carboxylic acids is 3. The molecule has 1 atom stereocenters. The number of nitrogens with one attached hydrogen (secondary N) is 2. The van der Waals surface area contributed by atoms with Crippen LogP contribution in [0.15, 0.2) is 36.8 Å². The van der Waals surface area contributed by atoms with Crippen molar-refractivity contribution < 1.29 is 23.9 Å². The van der Waals surface area contributed by atoms with Crippen LogP contribution in [-0.2, 0) is 34.2 Å². The molecule has 2 aromatic rings. The molecule has 10 nitrogen and oxygen atoms in total. The third-order valence-corrected chi connectivity index (χ3v) is 8.82. The van der Waals surface area contributed by atoms with Crippen molar-refractivity contribution in [3.8, 4) is 5.75 Å². The fourth-order valence-electron chi connectivity index (χ4n) is 6.39. The van der Waals surface area contributed by atoms with Gasteiger partial charge < -0.3 is 29.6 Å². The SMILES string of the molecule is CCOC(=O)C1(C2CCCCC2)CCN(C(=O)[C@@H](Cc2ccc(OC)cc2)NC(=O)NCCc2cncn2C)CC1. The molecule has 1 aromatic carbocycles. The summed E-state index contributed by atoms with van der Waals surface area (Å²) in [4.78, 5) is 46.0. The molecule has 1 aromatic heterocycles. The van der Waals surface area contributed by atoms with Gasteiger partial charge in [0.15, 0.2) is 0 Å². The van der Waals surface area contributed by atoms with Crippen LogP contribution in [0.25, 0.3) is 0 Å². The van der Waals surface area contributed by atoms with E-state index in [0.29, 0.717) is 57.8 Å². The number of esters is 1. The van der Waals surface area contributed by atoms with Gasteiger partial charge in [0.1, 0.15) is 11.8 Å². The Kier molecular flexibility index (Phi) is 10.7. The van der Waals surface area contributed by atoms with Crippen molar-refractivity contribution in [3.05, 3.63) is 48.0 Å². The molecule has 0 bridgehead atoms. The Bertz CT molecular complexity index is 1150. The number of nitrogens with zero attached hydrogens (tertiary/aromatic N) is 3. The number of hydrogen-bond acceptors (Lipinski definition) is 6. The lowest BCUT2D eigenvalue weighted by molar-refractivity contribution is -0.166. The van der Waals surface area contributed by atoms with Gasteiger partial charge in [-0.2, -0.15) is 0 Å². The topological polar surface area (TPSA) is 115 Å². The van der Waals surface area contributed by atoms with E-state index >= 15 is 0 Å². The van der Waals surface area contributed by atoms with Crippen molar-refractivity contribution in [1.82, 2.24) is 25.1 Å². The zero-order valence-electron chi connectivity index (χ0n) is 24.7. The van der Waals surface area contributed by atoms with Crippen molar-refractivity contribution in [3.63, 3.8) is 0 Å². The Hall–Kier alpha value is -3.56. The number of aryl methyl sites for hydroxylation is 1. The van der Waals surface area contributed by atoms with Crippen LogP contribution in [0.5, 0.6) is 5.75 Å². The Morgan fingerprint density at radius 2 is 1.80 bits per heavy atom. The van der Waals surface area contributed by atoms with Gasteiger partial charge in [-0.15, -0.1) is 0 Å². The average molecular weight is 568 g/mol. The molecule has 0 unspecified atom stereocenters. The predicted octanol–water partition coefficient (Wildman–Crippen LogP) is 3.63. The molecular formula is C31H45N5O5. The van der Waals surface area contributed by atoms with Crippen LogP contribution in [-0.4, -0.2) is 71.8 Å². The van der Waals surface area contributed by atoms with Gasteiger partial charge in [-0.25, -0.2) is 9.78 Å². The minimum Gasteiger partial charge on any atom is -0.497 e. The van der Waals surface area contributed by atoms with Crippen LogP contribution in [0, 0.1) is 11.3 Å². The van der Waals surface area contributed by atoms with Crippen molar-refractivity contribution in [2.45, 2.75) is 70.8 Å². The molecule has 4 rings (SSSR count). The quantitative estimate of drug-likeness (QED) is 0.401. The van der Waals surface area contributed by atoms with E-state index in [1.165, 1.54) is 6.42 Å². The van der Waals surface area contributed by atoms with Gasteiger partial charge in [-0.05, 0) is 56.2 Å². The molecule has 41 heavy (non-hydrogen) atoms. The molecule has 2 N–H and O–H groups in total. The molecule has 1 aliphatic heterocycles. The fourth-order valence-corrected chi connectivity index (χ4v) is 6.39. The summed E-state index contributed by atoms with van der Waals surface area (Å²) >= 11 is 0. The largest absolute Gasteiger partial charge is 0.497 e. The first-order chi connectivity index (χ1) is 19.9. The van der Waals surface area contributed by atoms with E-state index in [1.807, 2.05) is 47.7 Å². The molecule has 224 valence electrons. The minimum absolute atomic E-state index is 0.111. The zero-order chi connectivity index (χ0) is 29.2. The molecule has 0 spiro atoms. The van der Waals surface area contributed by atoms with E-state index in [1.54, 1.807) is 19.6 Å². The standard InChI is InChI=1S/C31H45N5O5/c1-4-41-29(38)31(24-8-6-5-7-9-24)15-18-36(19-16-31)28(37)27(20-23-10-12-26(40-3)13-11-23)34-30(39)33-17-14-25-21-32-22-35(25)2/h10-13,21-22,24,27H,4-9,14-20H2,1-3H3,(H2,33,34,39)/t27-/m1/s1. The summed E-state index contributed by atoms with van der Waals surface area (Å²) in [5.74, 6) is 0.779. The molecule has 1 aliphatic carbocycles. The number of rotatable bonds is 11. The van der Waals surface area contributed by atoms with E-state index < -0.39 is 11.5 Å². The van der Waals surface area contributed by atoms with Crippen LogP contribution in [0.3, 0.4) is 0 Å². The van der Waals surface area contributed by atoms with Gasteiger partial charge in [-0.1, -0.05) is 31.4 Å². The fraction of sp³-hybridized carbons (Fsp3) is 0.613. The molecule has 1 saturated carbocycles. The second-order valence-corrected chi connectivity index (χ2v) is 11.3. The number of methoxy groups -OCH3 is 1. The second-order valence-electron chi connectivity index (χ2n) is 11.3. The van der Waals surface area contributed by atoms with Crippen LogP contribution in [0.2, 0.25) is 0 Å². The van der Waals surface area contributed by atoms with E-state index in [2.05, 4.69) is 15.6 Å². The zero-order valence-corrected chi connectivity index (χ0v) is 24.7. The molecule has 2 aliphatic rings. The monoisotopic (exact) mass is 567 g/mol. The number of hydrogen-bond donors (Lipinski definition) is 2. The summed E-state index contributed by atoms with van der Waals surface area (Å²) in [7, 11) is 3.52. The van der Waals surface area contributed by atoms with E-state index in [4.69, 9.17) is 9.47 Å². The number of imidazole rings is 1. The van der Waals surface area contributed by atoms with E-state index in [9.17, 15) is 14.4 Å². The third kappa shape index (κ3) is 7.59. The highest BCUT2D eigenvalue weighted by molar-refractivity contribution is 5.88. The highest BCUT2D eigenvalue weighted by atomic mass is 16.5. The third-order valence-electron chi connectivity index (χ3n) is 8.82. The van der Waals surface area contributed by atoms with Gasteiger partial charge >= 0.3 is 12.0 Å². The number of urea groups is 1. The maximum absolute atomic E-state index is 13.9. The Labute approximate surface area is 243 Å². The van der Waals surface area contributed by atoms with Crippen LogP contribution >= 0.6 is 0 Å². The lowest BCUT2D eigenvalue weighted by Crippen LogP contribution is -2.56. The Morgan fingerprint density at radius 1 is 1.10 bits per heavy atom. The normalized spacial score (nSPS) is 17.9. The summed E-state index contributed by atoms with van der Waals surface area (Å²) in [6, 6.07) is 6.38. The van der Waals surface area contributed by atoms with Crippen LogP contribution in [0.1, 0.15) is 63.1 Å². The molecule has 2 fully saturated rings. The highest BCUT2D eigenvalue weighted by Crippen LogP contribution is 2.47. The number of benzene rings is 1. The highest BCUT2D eigenvalue weighted by Gasteiger charge is 2.49. The average Bonchev–Trinajstić information content (AvgIpc) is 3.41. The summed E-state index contributed by atoms with van der Waals surface area (Å²) in [5.41, 5.74) is 1.39. The number of likely N-dealkylation sites (tertiary alicyclic amines) is 1. The molecule has 0 radical (unpaired) electrons. The van der Waals surface area contributed by atoms with Crippen LogP contribution in [0.4, 0.5) is 4.79 Å². The summed E-state index contributed by atoms with van der Waals surface area (Å²) in [6.07, 6.45) is 11.2. The summed E-state index contributed by atoms with van der Waals surface area (Å²) in [6.45, 7) is 3.57. The van der Waals surface area contributed by atoms with Gasteiger partial charge in [0, 0.05) is 51.4 Å². The number of piperidine rings is 1. The Morgan fingerprint density at radius 3 is 2.41 bits per heavy atom. The van der Waals surface area contributed by atoms with Gasteiger partial charge in [0.2, 0.25) is 5.91 Å². The van der Waals surface area contributed by atoms with Crippen molar-refractivity contribution in [2.24, 2.45) is 18.4 Å². The number of aromatic nitrogens is 2. The lowest BCUT2D eigenvalue weighted by atomic mass is 9.63. The lowest BCUT2D eigenvalue weighted by Gasteiger charge is -2.46. The van der Waals surface area contributed by atoms with Gasteiger partial charge in [-0.3, -0.25) is 9.59 Å². The van der Waals surface area contributed by atoms with Crippen molar-refractivity contribution in [2.75, 3.05) is 33.4 Å². The number of ether oxygens (including phenoxy) is 2.